The maximum absolute atomic E-state index is 10.7. The Balaban J connectivity index is 0.000000122. The Morgan fingerprint density at radius 2 is 1.52 bits per heavy atom. The molecular weight excluding hydrogens is 338 g/mol. The van der Waals surface area contributed by atoms with Crippen LogP contribution >= 0.6 is 0 Å². The van der Waals surface area contributed by atoms with Gasteiger partial charge >= 0.3 is 5.63 Å². The van der Waals surface area contributed by atoms with Crippen LogP contribution in [-0.2, 0) is 0 Å². The lowest BCUT2D eigenvalue weighted by molar-refractivity contribution is 0.561. The molecule has 0 saturated carbocycles. The minimum atomic E-state index is -0.302. The molecule has 0 unspecified atom stereocenters. The van der Waals surface area contributed by atoms with Gasteiger partial charge in [-0.3, -0.25) is 4.98 Å². The van der Waals surface area contributed by atoms with Crippen molar-refractivity contribution in [2.75, 3.05) is 0 Å². The van der Waals surface area contributed by atoms with Crippen LogP contribution in [-0.4, -0.2) is 15.0 Å². The molecule has 0 aliphatic heterocycles. The van der Waals surface area contributed by atoms with Crippen molar-refractivity contribution >= 4 is 21.9 Å². The lowest BCUT2D eigenvalue weighted by Gasteiger charge is -1.91. The zero-order valence-electron chi connectivity index (χ0n) is 14.9. The first kappa shape index (κ1) is 18.1. The van der Waals surface area contributed by atoms with Gasteiger partial charge in [0.25, 0.3) is 0 Å². The highest BCUT2D eigenvalue weighted by molar-refractivity contribution is 5.77. The Kier molecular flexibility index (Phi) is 6.09. The predicted molar refractivity (Wildman–Crippen MR) is 108 cm³/mol. The molecule has 0 aliphatic rings. The second-order valence-electron chi connectivity index (χ2n) is 5.66. The average Bonchev–Trinajstić information content (AvgIpc) is 3.20. The number of fused-ring (bicyclic) bond motifs is 2. The fourth-order valence-electron chi connectivity index (χ4n) is 2.37. The van der Waals surface area contributed by atoms with E-state index in [1.54, 1.807) is 24.5 Å². The van der Waals surface area contributed by atoms with Gasteiger partial charge in [-0.1, -0.05) is 42.5 Å². The molecule has 5 aromatic rings. The van der Waals surface area contributed by atoms with E-state index in [9.17, 15) is 4.79 Å². The molecule has 5 nitrogen and oxygen atoms in total. The van der Waals surface area contributed by atoms with Gasteiger partial charge in [-0.2, -0.15) is 0 Å². The average molecular weight is 357 g/mol. The standard InChI is InChI=1S/C9H7N.C9H6O2.C4H6N2/c1-2-6-9-8(4-1)5-3-7-10-9;10-9-6-5-7-3-1-2-4-8(7)11-9;1-4-5-2-3-6-4/h1-7H;1-6H;2-3H,1H3,(H,5,6). The van der Waals surface area contributed by atoms with Crippen molar-refractivity contribution in [2.45, 2.75) is 6.92 Å². The molecule has 5 rings (SSSR count). The molecule has 27 heavy (non-hydrogen) atoms. The molecular formula is C22H19N3O2. The molecule has 134 valence electrons. The number of hydrogen-bond acceptors (Lipinski definition) is 4. The summed E-state index contributed by atoms with van der Waals surface area (Å²) in [5, 5.41) is 2.15. The number of aromatic amines is 1. The highest BCUT2D eigenvalue weighted by Crippen LogP contribution is 2.09. The van der Waals surface area contributed by atoms with Crippen molar-refractivity contribution in [3.8, 4) is 0 Å². The van der Waals surface area contributed by atoms with Gasteiger partial charge in [0, 0.05) is 35.4 Å². The van der Waals surface area contributed by atoms with E-state index < -0.39 is 0 Å². The molecule has 0 atom stereocenters. The number of imidazole rings is 1. The first-order valence-electron chi connectivity index (χ1n) is 8.47. The predicted octanol–water partition coefficient (Wildman–Crippen LogP) is 4.75. The Morgan fingerprint density at radius 3 is 2.22 bits per heavy atom. The first-order chi connectivity index (χ1) is 13.2. The van der Waals surface area contributed by atoms with Crippen molar-refractivity contribution in [1.82, 2.24) is 15.0 Å². The third-order valence-electron chi connectivity index (χ3n) is 3.68. The van der Waals surface area contributed by atoms with Crippen molar-refractivity contribution in [2.24, 2.45) is 0 Å². The van der Waals surface area contributed by atoms with Gasteiger partial charge < -0.3 is 9.40 Å². The van der Waals surface area contributed by atoms with Gasteiger partial charge in [0.05, 0.1) is 5.52 Å². The summed E-state index contributed by atoms with van der Waals surface area (Å²) in [5.74, 6) is 0.968. The van der Waals surface area contributed by atoms with Crippen LogP contribution in [0.25, 0.3) is 21.9 Å². The molecule has 0 saturated heterocycles. The normalized spacial score (nSPS) is 9.81. The number of nitrogens with zero attached hydrogens (tertiary/aromatic N) is 2. The molecule has 1 N–H and O–H groups in total. The van der Waals surface area contributed by atoms with Crippen LogP contribution in [0.1, 0.15) is 5.82 Å². The summed E-state index contributed by atoms with van der Waals surface area (Å²) in [6.45, 7) is 1.92. The van der Waals surface area contributed by atoms with Crippen LogP contribution in [0.2, 0.25) is 0 Å². The van der Waals surface area contributed by atoms with Crippen molar-refractivity contribution in [3.63, 3.8) is 0 Å². The quantitative estimate of drug-likeness (QED) is 0.406. The van der Waals surface area contributed by atoms with E-state index in [0.717, 1.165) is 16.7 Å². The van der Waals surface area contributed by atoms with Crippen LogP contribution in [0.3, 0.4) is 0 Å². The minimum absolute atomic E-state index is 0.302. The smallest absolute Gasteiger partial charge is 0.336 e. The van der Waals surface area contributed by atoms with E-state index in [1.807, 2.05) is 55.6 Å². The van der Waals surface area contributed by atoms with Crippen LogP contribution in [0, 0.1) is 6.92 Å². The van der Waals surface area contributed by atoms with E-state index in [-0.39, 0.29) is 5.63 Å². The molecule has 0 amide bonds. The maximum atomic E-state index is 10.7. The van der Waals surface area contributed by atoms with E-state index in [0.29, 0.717) is 5.58 Å². The Morgan fingerprint density at radius 1 is 0.778 bits per heavy atom. The second kappa shape index (κ2) is 9.10. The summed E-state index contributed by atoms with van der Waals surface area (Å²) in [7, 11) is 0. The summed E-state index contributed by atoms with van der Waals surface area (Å²) in [6, 6.07) is 22.7. The van der Waals surface area contributed by atoms with Gasteiger partial charge in [-0.25, -0.2) is 9.78 Å². The van der Waals surface area contributed by atoms with E-state index in [2.05, 4.69) is 27.1 Å². The van der Waals surface area contributed by atoms with Crippen molar-refractivity contribution < 1.29 is 4.42 Å². The molecule has 2 aromatic carbocycles. The summed E-state index contributed by atoms with van der Waals surface area (Å²) in [4.78, 5) is 21.6. The molecule has 0 radical (unpaired) electrons. The zero-order valence-corrected chi connectivity index (χ0v) is 14.9. The third-order valence-corrected chi connectivity index (χ3v) is 3.68. The fourth-order valence-corrected chi connectivity index (χ4v) is 2.37. The molecule has 0 spiro atoms. The number of aryl methyl sites for hydroxylation is 1. The maximum Gasteiger partial charge on any atom is 0.336 e. The van der Waals surface area contributed by atoms with Gasteiger partial charge in [-0.15, -0.1) is 0 Å². The zero-order chi connectivity index (χ0) is 18.9. The van der Waals surface area contributed by atoms with E-state index in [1.165, 1.54) is 11.5 Å². The number of H-pyrrole nitrogens is 1. The molecule has 5 heteroatoms. The lowest BCUT2D eigenvalue weighted by atomic mass is 10.2. The van der Waals surface area contributed by atoms with Gasteiger partial charge in [0.1, 0.15) is 11.4 Å². The Hall–Kier alpha value is -3.73. The van der Waals surface area contributed by atoms with E-state index in [4.69, 9.17) is 4.42 Å². The second-order valence-corrected chi connectivity index (χ2v) is 5.66. The number of benzene rings is 2. The Labute approximate surface area is 156 Å². The van der Waals surface area contributed by atoms with Gasteiger partial charge in [-0.05, 0) is 31.2 Å². The number of hydrogen-bond donors (Lipinski definition) is 1. The molecule has 0 bridgehead atoms. The van der Waals surface area contributed by atoms with Crippen molar-refractivity contribution in [3.05, 3.63) is 108 Å². The van der Waals surface area contributed by atoms with Crippen LogP contribution in [0.15, 0.2) is 101 Å². The number of nitrogens with one attached hydrogen (secondary N) is 1. The van der Waals surface area contributed by atoms with E-state index >= 15 is 0 Å². The highest BCUT2D eigenvalue weighted by Gasteiger charge is 1.92. The molecule has 3 heterocycles. The highest BCUT2D eigenvalue weighted by atomic mass is 16.4. The molecule has 0 aliphatic carbocycles. The number of rotatable bonds is 0. The monoisotopic (exact) mass is 357 g/mol. The summed E-state index contributed by atoms with van der Waals surface area (Å²) >= 11 is 0. The van der Waals surface area contributed by atoms with Crippen LogP contribution < -0.4 is 5.63 Å². The summed E-state index contributed by atoms with van der Waals surface area (Å²) < 4.78 is 4.91. The summed E-state index contributed by atoms with van der Waals surface area (Å²) in [6.07, 6.45) is 5.34. The molecule has 0 fully saturated rings. The fraction of sp³-hybridized carbons (Fsp3) is 0.0455. The molecule has 3 aromatic heterocycles. The van der Waals surface area contributed by atoms with Crippen LogP contribution in [0.4, 0.5) is 0 Å². The Bertz CT molecular complexity index is 1100. The topological polar surface area (TPSA) is 71.8 Å². The third kappa shape index (κ3) is 5.37. The summed E-state index contributed by atoms with van der Waals surface area (Å²) in [5.41, 5.74) is 1.40. The number of pyridine rings is 1. The SMILES string of the molecule is Cc1ncc[nH]1.O=c1ccc2ccccc2o1.c1ccc2ncccc2c1. The van der Waals surface area contributed by atoms with Crippen molar-refractivity contribution in [1.29, 1.82) is 0 Å². The van der Waals surface area contributed by atoms with Gasteiger partial charge in [0.15, 0.2) is 0 Å². The van der Waals surface area contributed by atoms with Gasteiger partial charge in [0.2, 0.25) is 0 Å². The number of aromatic nitrogens is 3. The van der Waals surface area contributed by atoms with Crippen LogP contribution in [0.5, 0.6) is 0 Å². The number of para-hydroxylation sites is 2. The lowest BCUT2D eigenvalue weighted by Crippen LogP contribution is -1.93. The first-order valence-corrected chi connectivity index (χ1v) is 8.47. The minimum Gasteiger partial charge on any atom is -0.423 e. The largest absolute Gasteiger partial charge is 0.423 e.